The summed E-state index contributed by atoms with van der Waals surface area (Å²) >= 11 is 0. The second-order valence-electron chi connectivity index (χ2n) is 3.15. The van der Waals surface area contributed by atoms with Gasteiger partial charge in [-0.05, 0) is 30.8 Å². The lowest BCUT2D eigenvalue weighted by molar-refractivity contribution is 0.815. The van der Waals surface area contributed by atoms with Crippen molar-refractivity contribution in [3.05, 3.63) is 48.3 Å². The van der Waals surface area contributed by atoms with Crippen molar-refractivity contribution in [2.45, 2.75) is 20.4 Å². The summed E-state index contributed by atoms with van der Waals surface area (Å²) in [6.45, 7) is 4.90. The van der Waals surface area contributed by atoms with Gasteiger partial charge in [-0.1, -0.05) is 26.0 Å². The van der Waals surface area contributed by atoms with Crippen LogP contribution in [0.2, 0.25) is 0 Å². The van der Waals surface area contributed by atoms with Crippen molar-refractivity contribution >= 4 is 0 Å². The van der Waals surface area contributed by atoms with Crippen molar-refractivity contribution in [2.24, 2.45) is 0 Å². The number of hydrogen-bond acceptors (Lipinski definition) is 2. The summed E-state index contributed by atoms with van der Waals surface area (Å²) in [5.74, 6) is 0. The molecule has 0 saturated carbocycles. The highest BCUT2D eigenvalue weighted by Crippen LogP contribution is 2.07. The number of hydrogen-bond donors (Lipinski definition) is 1. The van der Waals surface area contributed by atoms with E-state index < -0.39 is 0 Å². The van der Waals surface area contributed by atoms with Crippen molar-refractivity contribution in [1.29, 1.82) is 0 Å². The molecule has 0 unspecified atom stereocenters. The molecule has 3 heteroatoms. The van der Waals surface area contributed by atoms with Crippen molar-refractivity contribution < 1.29 is 0 Å². The molecule has 86 valence electrons. The molecule has 0 saturated heterocycles. The first-order chi connectivity index (χ1) is 7.90. The smallest absolute Gasteiger partial charge is 0.0645 e. The third-order valence-corrected chi connectivity index (χ3v) is 2.09. The highest BCUT2D eigenvalue weighted by molar-refractivity contribution is 5.33. The lowest BCUT2D eigenvalue weighted by Crippen LogP contribution is -2.05. The largest absolute Gasteiger partial charge is 0.316 e. The Morgan fingerprint density at radius 3 is 2.38 bits per heavy atom. The van der Waals surface area contributed by atoms with Crippen LogP contribution in [0, 0.1) is 0 Å². The molecule has 0 radical (unpaired) electrons. The average Bonchev–Trinajstić information content (AvgIpc) is 2.87. The van der Waals surface area contributed by atoms with E-state index in [2.05, 4.69) is 34.7 Å². The van der Waals surface area contributed by atoms with Gasteiger partial charge >= 0.3 is 0 Å². The Labute approximate surface area is 97.1 Å². The summed E-state index contributed by atoms with van der Waals surface area (Å²) < 4.78 is 1.85. The predicted molar refractivity (Wildman–Crippen MR) is 67.7 cm³/mol. The zero-order valence-electron chi connectivity index (χ0n) is 10.1. The number of nitrogens with zero attached hydrogens (tertiary/aromatic N) is 2. The number of benzene rings is 1. The van der Waals surface area contributed by atoms with E-state index in [1.807, 2.05) is 37.8 Å². The van der Waals surface area contributed by atoms with Gasteiger partial charge in [-0.15, -0.1) is 0 Å². The first-order valence-electron chi connectivity index (χ1n) is 5.64. The molecule has 1 heterocycles. The Balaban J connectivity index is 0.000000606. The van der Waals surface area contributed by atoms with E-state index in [1.165, 1.54) is 5.56 Å². The second-order valence-corrected chi connectivity index (χ2v) is 3.15. The average molecular weight is 217 g/mol. The standard InChI is InChI=1S/C11H13N3.C2H6/c1-12-9-10-3-5-11(6-4-10)14-8-2-7-13-14;1-2/h2-8,12H,9H2,1H3;1-2H3. The predicted octanol–water partition coefficient (Wildman–Crippen LogP) is 2.62. The maximum atomic E-state index is 4.16. The van der Waals surface area contributed by atoms with Crippen LogP contribution < -0.4 is 5.32 Å². The summed E-state index contributed by atoms with van der Waals surface area (Å²) in [4.78, 5) is 0. The summed E-state index contributed by atoms with van der Waals surface area (Å²) in [7, 11) is 1.95. The monoisotopic (exact) mass is 217 g/mol. The maximum absolute atomic E-state index is 4.16. The fourth-order valence-corrected chi connectivity index (χ4v) is 1.39. The summed E-state index contributed by atoms with van der Waals surface area (Å²) in [6, 6.07) is 10.3. The van der Waals surface area contributed by atoms with E-state index in [4.69, 9.17) is 0 Å². The third-order valence-electron chi connectivity index (χ3n) is 2.09. The van der Waals surface area contributed by atoms with Gasteiger partial charge in [0.05, 0.1) is 5.69 Å². The summed E-state index contributed by atoms with van der Waals surface area (Å²) in [6.07, 6.45) is 3.72. The Kier molecular flexibility index (Phi) is 5.29. The molecule has 0 atom stereocenters. The molecule has 0 bridgehead atoms. The minimum atomic E-state index is 0.902. The molecule has 0 aliphatic heterocycles. The zero-order valence-corrected chi connectivity index (χ0v) is 10.1. The van der Waals surface area contributed by atoms with Gasteiger partial charge in [-0.25, -0.2) is 4.68 Å². The molecular weight excluding hydrogens is 198 g/mol. The normalized spacial score (nSPS) is 9.44. The molecule has 2 aromatic rings. The van der Waals surface area contributed by atoms with Gasteiger partial charge in [-0.3, -0.25) is 0 Å². The molecule has 1 aromatic heterocycles. The topological polar surface area (TPSA) is 29.9 Å². The Morgan fingerprint density at radius 2 is 1.88 bits per heavy atom. The Morgan fingerprint density at radius 1 is 1.19 bits per heavy atom. The van der Waals surface area contributed by atoms with Crippen LogP contribution in [-0.2, 0) is 6.54 Å². The van der Waals surface area contributed by atoms with Crippen LogP contribution in [-0.4, -0.2) is 16.8 Å². The molecule has 0 spiro atoms. The fourth-order valence-electron chi connectivity index (χ4n) is 1.39. The van der Waals surface area contributed by atoms with Gasteiger partial charge in [0.25, 0.3) is 0 Å². The molecular formula is C13H19N3. The van der Waals surface area contributed by atoms with E-state index in [9.17, 15) is 0 Å². The van der Waals surface area contributed by atoms with Gasteiger partial charge in [0.1, 0.15) is 0 Å². The first kappa shape index (κ1) is 12.5. The van der Waals surface area contributed by atoms with Crippen LogP contribution in [0.1, 0.15) is 19.4 Å². The van der Waals surface area contributed by atoms with Crippen LogP contribution >= 0.6 is 0 Å². The number of rotatable bonds is 3. The summed E-state index contributed by atoms with van der Waals surface area (Å²) in [5.41, 5.74) is 2.37. The molecule has 16 heavy (non-hydrogen) atoms. The van der Waals surface area contributed by atoms with Gasteiger partial charge < -0.3 is 5.32 Å². The Hall–Kier alpha value is -1.61. The van der Waals surface area contributed by atoms with Gasteiger partial charge in [0.15, 0.2) is 0 Å². The van der Waals surface area contributed by atoms with Crippen LogP contribution in [0.3, 0.4) is 0 Å². The highest BCUT2D eigenvalue weighted by atomic mass is 15.3. The van der Waals surface area contributed by atoms with Crippen molar-refractivity contribution in [1.82, 2.24) is 15.1 Å². The highest BCUT2D eigenvalue weighted by Gasteiger charge is 1.95. The lowest BCUT2D eigenvalue weighted by atomic mass is 10.2. The van der Waals surface area contributed by atoms with E-state index in [-0.39, 0.29) is 0 Å². The van der Waals surface area contributed by atoms with Crippen molar-refractivity contribution in [3.63, 3.8) is 0 Å². The van der Waals surface area contributed by atoms with Crippen molar-refractivity contribution in [3.8, 4) is 5.69 Å². The van der Waals surface area contributed by atoms with Crippen LogP contribution in [0.25, 0.3) is 5.69 Å². The first-order valence-corrected chi connectivity index (χ1v) is 5.64. The SMILES string of the molecule is CC.CNCc1ccc(-n2cccn2)cc1. The van der Waals surface area contributed by atoms with Crippen LogP contribution in [0.15, 0.2) is 42.7 Å². The quantitative estimate of drug-likeness (QED) is 0.856. The molecule has 1 N–H and O–H groups in total. The molecule has 2 rings (SSSR count). The van der Waals surface area contributed by atoms with Crippen molar-refractivity contribution in [2.75, 3.05) is 7.05 Å². The minimum Gasteiger partial charge on any atom is -0.316 e. The third kappa shape index (κ3) is 3.21. The molecule has 0 aliphatic rings. The van der Waals surface area contributed by atoms with Gasteiger partial charge in [-0.2, -0.15) is 5.10 Å². The number of aromatic nitrogens is 2. The number of nitrogens with one attached hydrogen (secondary N) is 1. The van der Waals surface area contributed by atoms with Crippen LogP contribution in [0.4, 0.5) is 0 Å². The minimum absolute atomic E-state index is 0.902. The molecule has 3 nitrogen and oxygen atoms in total. The molecule has 0 fully saturated rings. The van der Waals surface area contributed by atoms with Gasteiger partial charge in [0, 0.05) is 18.9 Å². The Bertz CT molecular complexity index is 376. The molecule has 0 amide bonds. The summed E-state index contributed by atoms with van der Waals surface area (Å²) in [5, 5.41) is 7.28. The zero-order chi connectivity index (χ0) is 11.8. The van der Waals surface area contributed by atoms with E-state index in [0.29, 0.717) is 0 Å². The van der Waals surface area contributed by atoms with Gasteiger partial charge in [0.2, 0.25) is 0 Å². The van der Waals surface area contributed by atoms with E-state index >= 15 is 0 Å². The second kappa shape index (κ2) is 6.80. The molecule has 1 aromatic carbocycles. The van der Waals surface area contributed by atoms with E-state index in [0.717, 1.165) is 12.2 Å². The van der Waals surface area contributed by atoms with E-state index in [1.54, 1.807) is 6.20 Å². The lowest BCUT2D eigenvalue weighted by Gasteiger charge is -2.03. The molecule has 0 aliphatic carbocycles. The maximum Gasteiger partial charge on any atom is 0.0645 e. The van der Waals surface area contributed by atoms with Crippen LogP contribution in [0.5, 0.6) is 0 Å². The fraction of sp³-hybridized carbons (Fsp3) is 0.308.